The lowest BCUT2D eigenvalue weighted by atomic mass is 9.99. The summed E-state index contributed by atoms with van der Waals surface area (Å²) in [5.41, 5.74) is 0. The molecule has 0 aromatic heterocycles. The molecule has 0 aliphatic carbocycles. The van der Waals surface area contributed by atoms with Gasteiger partial charge in [0.15, 0.2) is 6.29 Å². The Morgan fingerprint density at radius 1 is 0.645 bits per heavy atom. The molecule has 8 unspecified atom stereocenters. The van der Waals surface area contributed by atoms with Crippen LogP contribution >= 0.6 is 0 Å². The van der Waals surface area contributed by atoms with Crippen molar-refractivity contribution >= 4 is 16.3 Å². The lowest BCUT2D eigenvalue weighted by molar-refractivity contribution is -0.298. The van der Waals surface area contributed by atoms with Gasteiger partial charge in [-0.15, -0.1) is 0 Å². The summed E-state index contributed by atoms with van der Waals surface area (Å²) < 4.78 is 47.5. The van der Waals surface area contributed by atoms with Gasteiger partial charge in [0.25, 0.3) is 0 Å². The smallest absolute Gasteiger partial charge is 0.394 e. The van der Waals surface area contributed by atoms with E-state index in [0.29, 0.717) is 12.8 Å². The summed E-state index contributed by atoms with van der Waals surface area (Å²) in [6, 6.07) is -1.12. The van der Waals surface area contributed by atoms with Crippen molar-refractivity contribution in [2.75, 3.05) is 13.2 Å². The third-order valence-corrected chi connectivity index (χ3v) is 12.3. The van der Waals surface area contributed by atoms with E-state index in [1.165, 1.54) is 128 Å². The zero-order valence-corrected chi connectivity index (χ0v) is 39.6. The number of ether oxygens (including phenoxy) is 2. The van der Waals surface area contributed by atoms with E-state index in [1.54, 1.807) is 0 Å². The molecule has 1 amide bonds. The molecule has 0 bridgehead atoms. The van der Waals surface area contributed by atoms with E-state index < -0.39 is 78.5 Å². The fourth-order valence-electron chi connectivity index (χ4n) is 7.87. The second kappa shape index (κ2) is 38.8. The summed E-state index contributed by atoms with van der Waals surface area (Å²) in [4.78, 5) is 13.1. The highest BCUT2D eigenvalue weighted by atomic mass is 32.3. The van der Waals surface area contributed by atoms with Crippen molar-refractivity contribution in [3.05, 3.63) is 24.3 Å². The van der Waals surface area contributed by atoms with Crippen LogP contribution in [-0.4, -0.2) is 107 Å². The molecule has 7 N–H and O–H groups in total. The van der Waals surface area contributed by atoms with Crippen LogP contribution in [-0.2, 0) is 28.9 Å². The fraction of sp³-hybridized carbons (Fsp3) is 0.896. The lowest BCUT2D eigenvalue weighted by Gasteiger charge is -2.41. The van der Waals surface area contributed by atoms with Crippen LogP contribution in [0, 0.1) is 0 Å². The predicted molar refractivity (Wildman–Crippen MR) is 247 cm³/mol. The Morgan fingerprint density at radius 2 is 1.06 bits per heavy atom. The molecule has 0 aromatic rings. The van der Waals surface area contributed by atoms with Crippen molar-refractivity contribution in [2.24, 2.45) is 0 Å². The van der Waals surface area contributed by atoms with Gasteiger partial charge in [0.1, 0.15) is 30.5 Å². The lowest BCUT2D eigenvalue weighted by Crippen LogP contribution is -2.61. The molecule has 1 aliphatic heterocycles. The third-order valence-electron chi connectivity index (χ3n) is 11.8. The fourth-order valence-corrected chi connectivity index (χ4v) is 8.38. The normalized spacial score (nSPS) is 21.2. The molecule has 1 aliphatic rings. The number of hydrogen-bond acceptors (Lipinski definition) is 11. The number of amides is 1. The maximum Gasteiger partial charge on any atom is 0.397 e. The second-order valence-corrected chi connectivity index (χ2v) is 18.6. The maximum absolute atomic E-state index is 13.1. The Kier molecular flexibility index (Phi) is 36.6. The van der Waals surface area contributed by atoms with Gasteiger partial charge < -0.3 is 40.3 Å². The number of carbonyl (C=O) groups excluding carboxylic acids is 1. The second-order valence-electron chi connectivity index (χ2n) is 17.5. The van der Waals surface area contributed by atoms with Crippen LogP contribution in [0.4, 0.5) is 0 Å². The minimum atomic E-state index is -5.12. The van der Waals surface area contributed by atoms with E-state index in [1.807, 2.05) is 6.08 Å². The molecule has 0 spiro atoms. The number of aliphatic hydroxyl groups excluding tert-OH is 5. The first-order valence-corrected chi connectivity index (χ1v) is 26.2. The molecular weight excluding hydrogens is 815 g/mol. The van der Waals surface area contributed by atoms with Gasteiger partial charge >= 0.3 is 10.4 Å². The summed E-state index contributed by atoms with van der Waals surface area (Å²) in [5.74, 6) is -0.706. The summed E-state index contributed by atoms with van der Waals surface area (Å²) >= 11 is 0. The Balaban J connectivity index is 2.53. The number of hydrogen-bond donors (Lipinski definition) is 7. The van der Waals surface area contributed by atoms with E-state index in [9.17, 15) is 43.3 Å². The molecule has 366 valence electrons. The van der Waals surface area contributed by atoms with Crippen LogP contribution in [0.3, 0.4) is 0 Å². The van der Waals surface area contributed by atoms with Crippen molar-refractivity contribution in [1.82, 2.24) is 5.32 Å². The highest BCUT2D eigenvalue weighted by Crippen LogP contribution is 2.26. The largest absolute Gasteiger partial charge is 0.397 e. The molecule has 14 heteroatoms. The first-order valence-electron chi connectivity index (χ1n) is 24.8. The number of rotatable bonds is 42. The van der Waals surface area contributed by atoms with E-state index in [-0.39, 0.29) is 6.42 Å². The van der Waals surface area contributed by atoms with Gasteiger partial charge in [-0.1, -0.05) is 192 Å². The molecule has 62 heavy (non-hydrogen) atoms. The molecule has 0 aromatic carbocycles. The van der Waals surface area contributed by atoms with Gasteiger partial charge in [-0.3, -0.25) is 9.35 Å². The molecule has 1 saturated heterocycles. The first-order chi connectivity index (χ1) is 29.9. The van der Waals surface area contributed by atoms with Crippen LogP contribution in [0.5, 0.6) is 0 Å². The number of nitrogens with one attached hydrogen (secondary N) is 1. The van der Waals surface area contributed by atoms with Crippen LogP contribution in [0.2, 0.25) is 0 Å². The summed E-state index contributed by atoms with van der Waals surface area (Å²) in [7, 11) is -5.12. The minimum Gasteiger partial charge on any atom is -0.394 e. The first kappa shape index (κ1) is 58.6. The quantitative estimate of drug-likeness (QED) is 0.0174. The van der Waals surface area contributed by atoms with Crippen LogP contribution in [0.1, 0.15) is 213 Å². The zero-order valence-electron chi connectivity index (χ0n) is 38.8. The average Bonchev–Trinajstić information content (AvgIpc) is 3.24. The zero-order chi connectivity index (χ0) is 45.7. The summed E-state index contributed by atoms with van der Waals surface area (Å²) in [5, 5.41) is 55.3. The third kappa shape index (κ3) is 30.6. The maximum atomic E-state index is 13.1. The molecule has 0 radical (unpaired) electrons. The Bertz CT molecular complexity index is 1220. The van der Waals surface area contributed by atoms with E-state index in [4.69, 9.17) is 9.47 Å². The minimum absolute atomic E-state index is 0.237. The Morgan fingerprint density at radius 3 is 1.50 bits per heavy atom. The van der Waals surface area contributed by atoms with E-state index >= 15 is 0 Å². The Labute approximate surface area is 376 Å². The molecule has 1 rings (SSSR count). The molecular formula is C48H91NO12S. The van der Waals surface area contributed by atoms with Crippen molar-refractivity contribution in [1.29, 1.82) is 0 Å². The van der Waals surface area contributed by atoms with Crippen molar-refractivity contribution < 1.29 is 57.0 Å². The molecule has 8 atom stereocenters. The SMILES string of the molecule is CCCCCCCCCCC/C=C\CCCCCCCCC(O)C(=O)NC(COC1OC(CO)C(O)C(OS(=O)(=O)O)C1O)C(O)/C=C/CCCCCCCCCCCCCC. The Hall–Kier alpha value is -1.46. The summed E-state index contributed by atoms with van der Waals surface area (Å²) in [6.45, 7) is 3.22. The summed E-state index contributed by atoms with van der Waals surface area (Å²) in [6.07, 6.45) is 32.5. The van der Waals surface area contributed by atoms with Gasteiger partial charge in [0, 0.05) is 0 Å². The molecule has 1 fully saturated rings. The van der Waals surface area contributed by atoms with Gasteiger partial charge in [0.2, 0.25) is 5.91 Å². The standard InChI is InChI=1S/C48H91NO12S/c1-3-5-7-9-11-13-15-17-19-20-21-22-23-25-27-29-31-33-35-37-42(52)47(55)49-40(39-59-48-45(54)46(61-62(56,57)58)44(53)43(38-50)60-48)41(51)36-34-32-30-28-26-24-18-16-14-12-10-8-6-4-2/h21-22,34,36,40-46,48,50-54H,3-20,23-33,35,37-39H2,1-2H3,(H,49,55)(H,56,57,58)/b22-21-,36-34+. The van der Waals surface area contributed by atoms with E-state index in [0.717, 1.165) is 57.8 Å². The number of unbranched alkanes of at least 4 members (excludes halogenated alkanes) is 27. The monoisotopic (exact) mass is 906 g/mol. The topological polar surface area (TPSA) is 212 Å². The number of aliphatic hydroxyl groups is 5. The average molecular weight is 906 g/mol. The van der Waals surface area contributed by atoms with Gasteiger partial charge in [-0.2, -0.15) is 8.42 Å². The highest BCUT2D eigenvalue weighted by Gasteiger charge is 2.48. The molecule has 1 heterocycles. The van der Waals surface area contributed by atoms with Crippen molar-refractivity contribution in [3.8, 4) is 0 Å². The molecule has 13 nitrogen and oxygen atoms in total. The van der Waals surface area contributed by atoms with Crippen molar-refractivity contribution in [3.63, 3.8) is 0 Å². The predicted octanol–water partition coefficient (Wildman–Crippen LogP) is 9.08. The van der Waals surface area contributed by atoms with Gasteiger partial charge in [-0.05, 0) is 44.9 Å². The molecule has 0 saturated carbocycles. The van der Waals surface area contributed by atoms with E-state index in [2.05, 4.69) is 35.5 Å². The van der Waals surface area contributed by atoms with Crippen molar-refractivity contribution in [2.45, 2.75) is 262 Å². The van der Waals surface area contributed by atoms with Gasteiger partial charge in [-0.25, -0.2) is 4.18 Å². The van der Waals surface area contributed by atoms with Crippen LogP contribution in [0.25, 0.3) is 0 Å². The number of allylic oxidation sites excluding steroid dienone is 3. The van der Waals surface area contributed by atoms with Crippen LogP contribution < -0.4 is 5.32 Å². The highest BCUT2D eigenvalue weighted by molar-refractivity contribution is 7.80. The number of carbonyl (C=O) groups is 1. The van der Waals surface area contributed by atoms with Gasteiger partial charge in [0.05, 0.1) is 25.4 Å². The van der Waals surface area contributed by atoms with Crippen LogP contribution in [0.15, 0.2) is 24.3 Å².